The minimum Gasteiger partial charge on any atom is -0.372 e. The molecule has 0 spiro atoms. The fourth-order valence-corrected chi connectivity index (χ4v) is 5.77. The summed E-state index contributed by atoms with van der Waals surface area (Å²) in [5.74, 6) is 0.728. The van der Waals surface area contributed by atoms with Gasteiger partial charge in [-0.05, 0) is 87.1 Å². The number of anilines is 2. The molecule has 0 amide bonds. The van der Waals surface area contributed by atoms with Crippen molar-refractivity contribution in [2.45, 2.75) is 52.4 Å². The van der Waals surface area contributed by atoms with Crippen LogP contribution in [0.25, 0.3) is 0 Å². The van der Waals surface area contributed by atoms with Gasteiger partial charge in [-0.2, -0.15) is 0 Å². The zero-order valence-corrected chi connectivity index (χ0v) is 23.7. The molecular formula is C36H44N2. The molecule has 4 aromatic rings. The van der Waals surface area contributed by atoms with Crippen molar-refractivity contribution < 1.29 is 0 Å². The Morgan fingerprint density at radius 2 is 0.684 bits per heavy atom. The van der Waals surface area contributed by atoms with E-state index in [4.69, 9.17) is 0 Å². The van der Waals surface area contributed by atoms with E-state index in [0.29, 0.717) is 11.8 Å². The molecule has 2 nitrogen and oxygen atoms in total. The standard InChI is InChI=1S/C36H44N2/c1-5-37(6-2)33-23-19-31(20-24-33)36(32-21-25-34(26-22-32)38(7-3)8-4)28-27-35(29-15-11-9-12-16-29)30-17-13-10-14-18-30/h9-26,35-36H,5-8,27-28H2,1-4H3. The van der Waals surface area contributed by atoms with Crippen molar-refractivity contribution in [2.24, 2.45) is 0 Å². The number of rotatable bonds is 13. The molecule has 0 aliphatic carbocycles. The van der Waals surface area contributed by atoms with Gasteiger partial charge in [-0.15, -0.1) is 0 Å². The second-order valence-electron chi connectivity index (χ2n) is 10.0. The van der Waals surface area contributed by atoms with Crippen molar-refractivity contribution in [3.05, 3.63) is 131 Å². The molecule has 4 rings (SSSR count). The third kappa shape index (κ3) is 6.67. The minimum atomic E-state index is 0.349. The van der Waals surface area contributed by atoms with E-state index < -0.39 is 0 Å². The number of hydrogen-bond acceptors (Lipinski definition) is 2. The van der Waals surface area contributed by atoms with Gasteiger partial charge in [0.1, 0.15) is 0 Å². The summed E-state index contributed by atoms with van der Waals surface area (Å²) in [5, 5.41) is 0. The summed E-state index contributed by atoms with van der Waals surface area (Å²) in [6.45, 7) is 13.0. The number of nitrogens with zero attached hydrogens (tertiary/aromatic N) is 2. The van der Waals surface area contributed by atoms with E-state index in [1.807, 2.05) is 0 Å². The summed E-state index contributed by atoms with van der Waals surface area (Å²) in [6.07, 6.45) is 2.18. The average Bonchev–Trinajstić information content (AvgIpc) is 2.99. The molecule has 0 radical (unpaired) electrons. The molecule has 0 bridgehead atoms. The van der Waals surface area contributed by atoms with Crippen molar-refractivity contribution in [1.82, 2.24) is 0 Å². The maximum atomic E-state index is 2.42. The van der Waals surface area contributed by atoms with E-state index in [9.17, 15) is 0 Å². The van der Waals surface area contributed by atoms with Gasteiger partial charge in [0, 0.05) is 49.4 Å². The smallest absolute Gasteiger partial charge is 0.0366 e. The van der Waals surface area contributed by atoms with Gasteiger partial charge in [0.25, 0.3) is 0 Å². The molecule has 0 aliphatic heterocycles. The Hall–Kier alpha value is -3.52. The van der Waals surface area contributed by atoms with Crippen LogP contribution in [-0.4, -0.2) is 26.2 Å². The molecule has 0 saturated heterocycles. The van der Waals surface area contributed by atoms with E-state index in [-0.39, 0.29) is 0 Å². The van der Waals surface area contributed by atoms with Gasteiger partial charge in [0.2, 0.25) is 0 Å². The molecular weight excluding hydrogens is 460 g/mol. The summed E-state index contributed by atoms with van der Waals surface area (Å²) in [5.41, 5.74) is 8.20. The first-order valence-electron chi connectivity index (χ1n) is 14.5. The molecule has 0 unspecified atom stereocenters. The maximum Gasteiger partial charge on any atom is 0.0366 e. The second-order valence-corrected chi connectivity index (χ2v) is 10.0. The highest BCUT2D eigenvalue weighted by Crippen LogP contribution is 2.37. The van der Waals surface area contributed by atoms with Gasteiger partial charge in [-0.25, -0.2) is 0 Å². The van der Waals surface area contributed by atoms with Crippen molar-refractivity contribution >= 4 is 11.4 Å². The number of hydrogen-bond donors (Lipinski definition) is 0. The lowest BCUT2D eigenvalue weighted by Gasteiger charge is -2.26. The summed E-state index contributed by atoms with van der Waals surface area (Å²) in [7, 11) is 0. The lowest BCUT2D eigenvalue weighted by atomic mass is 9.81. The first-order valence-corrected chi connectivity index (χ1v) is 14.5. The van der Waals surface area contributed by atoms with Crippen LogP contribution in [0.1, 0.15) is 74.6 Å². The van der Waals surface area contributed by atoms with Crippen LogP contribution < -0.4 is 9.80 Å². The van der Waals surface area contributed by atoms with E-state index in [2.05, 4.69) is 147 Å². The van der Waals surface area contributed by atoms with Gasteiger partial charge in [-0.1, -0.05) is 84.9 Å². The third-order valence-electron chi connectivity index (χ3n) is 8.00. The Balaban J connectivity index is 1.66. The quantitative estimate of drug-likeness (QED) is 0.179. The second kappa shape index (κ2) is 13.9. The summed E-state index contributed by atoms with van der Waals surface area (Å²) >= 11 is 0. The zero-order valence-electron chi connectivity index (χ0n) is 23.7. The molecule has 198 valence electrons. The summed E-state index contributed by atoms with van der Waals surface area (Å²) < 4.78 is 0. The fraction of sp³-hybridized carbons (Fsp3) is 0.333. The Morgan fingerprint density at radius 1 is 0.395 bits per heavy atom. The monoisotopic (exact) mass is 504 g/mol. The van der Waals surface area contributed by atoms with Crippen LogP contribution in [0.2, 0.25) is 0 Å². The zero-order chi connectivity index (χ0) is 26.7. The van der Waals surface area contributed by atoms with Gasteiger partial charge in [0.15, 0.2) is 0 Å². The molecule has 4 aromatic carbocycles. The van der Waals surface area contributed by atoms with Crippen LogP contribution in [-0.2, 0) is 0 Å². The maximum absolute atomic E-state index is 2.42. The first-order chi connectivity index (χ1) is 18.7. The SMILES string of the molecule is CCN(CC)c1ccc(C(CCC(c2ccccc2)c2ccccc2)c2ccc(N(CC)CC)cc2)cc1. The number of benzene rings is 4. The normalized spacial score (nSPS) is 11.2. The molecule has 0 heterocycles. The van der Waals surface area contributed by atoms with Crippen LogP contribution in [0.3, 0.4) is 0 Å². The molecule has 0 fully saturated rings. The van der Waals surface area contributed by atoms with Crippen LogP contribution in [0.5, 0.6) is 0 Å². The van der Waals surface area contributed by atoms with Crippen molar-refractivity contribution in [3.8, 4) is 0 Å². The third-order valence-corrected chi connectivity index (χ3v) is 8.00. The lowest BCUT2D eigenvalue weighted by Crippen LogP contribution is -2.21. The molecule has 0 N–H and O–H groups in total. The highest BCUT2D eigenvalue weighted by atomic mass is 15.1. The Labute approximate surface area is 231 Å². The lowest BCUT2D eigenvalue weighted by molar-refractivity contribution is 0.612. The van der Waals surface area contributed by atoms with E-state index in [1.165, 1.54) is 33.6 Å². The minimum absolute atomic E-state index is 0.349. The van der Waals surface area contributed by atoms with Crippen molar-refractivity contribution in [2.75, 3.05) is 36.0 Å². The first kappa shape index (κ1) is 27.5. The predicted octanol–water partition coefficient (Wildman–Crippen LogP) is 9.12. The molecule has 0 aromatic heterocycles. The molecule has 38 heavy (non-hydrogen) atoms. The van der Waals surface area contributed by atoms with E-state index in [1.54, 1.807) is 0 Å². The predicted molar refractivity (Wildman–Crippen MR) is 166 cm³/mol. The van der Waals surface area contributed by atoms with Gasteiger partial charge in [0.05, 0.1) is 0 Å². The Bertz CT molecular complexity index is 1100. The Kier molecular flexibility index (Phi) is 10.0. The summed E-state index contributed by atoms with van der Waals surface area (Å²) in [6, 6.07) is 40.7. The fourth-order valence-electron chi connectivity index (χ4n) is 5.77. The van der Waals surface area contributed by atoms with Gasteiger partial charge < -0.3 is 9.80 Å². The van der Waals surface area contributed by atoms with Gasteiger partial charge >= 0.3 is 0 Å². The highest BCUT2D eigenvalue weighted by Gasteiger charge is 2.20. The topological polar surface area (TPSA) is 6.48 Å². The van der Waals surface area contributed by atoms with Crippen molar-refractivity contribution in [3.63, 3.8) is 0 Å². The van der Waals surface area contributed by atoms with Crippen LogP contribution in [0.4, 0.5) is 11.4 Å². The average molecular weight is 505 g/mol. The Morgan fingerprint density at radius 3 is 0.974 bits per heavy atom. The molecule has 0 atom stereocenters. The summed E-state index contributed by atoms with van der Waals surface area (Å²) in [4.78, 5) is 4.83. The van der Waals surface area contributed by atoms with E-state index in [0.717, 1.165) is 39.0 Å². The molecule has 2 heteroatoms. The van der Waals surface area contributed by atoms with Crippen LogP contribution >= 0.6 is 0 Å². The van der Waals surface area contributed by atoms with Gasteiger partial charge in [-0.3, -0.25) is 0 Å². The van der Waals surface area contributed by atoms with Crippen molar-refractivity contribution in [1.29, 1.82) is 0 Å². The molecule has 0 aliphatic rings. The highest BCUT2D eigenvalue weighted by molar-refractivity contribution is 5.51. The van der Waals surface area contributed by atoms with Crippen LogP contribution in [0, 0.1) is 0 Å². The largest absolute Gasteiger partial charge is 0.372 e. The van der Waals surface area contributed by atoms with E-state index >= 15 is 0 Å². The molecule has 0 saturated carbocycles. The van der Waals surface area contributed by atoms with Crippen LogP contribution in [0.15, 0.2) is 109 Å².